The third-order valence-corrected chi connectivity index (χ3v) is 4.53. The molecule has 2 rings (SSSR count). The number of nitrogens with zero attached hydrogens (tertiary/aromatic N) is 2. The minimum Gasteiger partial charge on any atom is -0.351 e. The topological polar surface area (TPSA) is 35.6 Å². The summed E-state index contributed by atoms with van der Waals surface area (Å²) in [6.07, 6.45) is 0. The van der Waals surface area contributed by atoms with Gasteiger partial charge in [0.05, 0.1) is 6.54 Å². The van der Waals surface area contributed by atoms with E-state index in [9.17, 15) is 9.18 Å². The van der Waals surface area contributed by atoms with Crippen LogP contribution in [0.3, 0.4) is 0 Å². The van der Waals surface area contributed by atoms with Crippen LogP contribution in [0.4, 0.5) is 4.39 Å². The molecule has 0 aliphatic carbocycles. The third-order valence-electron chi connectivity index (χ3n) is 4.53. The van der Waals surface area contributed by atoms with Crippen LogP contribution in [0.15, 0.2) is 24.3 Å². The summed E-state index contributed by atoms with van der Waals surface area (Å²) in [7, 11) is 2.14. The van der Waals surface area contributed by atoms with E-state index in [-0.39, 0.29) is 23.7 Å². The Balaban J connectivity index is 1.84. The standard InChI is InChI=1S/C18H28FN3O/c1-18(2,3)16-12-22(10-9-21(16)4)13-17(23)20-11-14-7-5-6-8-15(14)19/h5-8,16H,9-13H2,1-4H3,(H,20,23). The Morgan fingerprint density at radius 3 is 2.65 bits per heavy atom. The monoisotopic (exact) mass is 321 g/mol. The van der Waals surface area contributed by atoms with Crippen molar-refractivity contribution in [3.05, 3.63) is 35.6 Å². The van der Waals surface area contributed by atoms with Gasteiger partial charge in [0.2, 0.25) is 5.91 Å². The van der Waals surface area contributed by atoms with Crippen molar-refractivity contribution in [1.82, 2.24) is 15.1 Å². The summed E-state index contributed by atoms with van der Waals surface area (Å²) in [4.78, 5) is 16.7. The second-order valence-electron chi connectivity index (χ2n) is 7.47. The van der Waals surface area contributed by atoms with Crippen LogP contribution in [-0.2, 0) is 11.3 Å². The highest BCUT2D eigenvalue weighted by atomic mass is 19.1. The maximum absolute atomic E-state index is 13.6. The van der Waals surface area contributed by atoms with E-state index in [1.807, 2.05) is 0 Å². The molecule has 1 atom stereocenters. The van der Waals surface area contributed by atoms with Crippen molar-refractivity contribution in [2.75, 3.05) is 33.2 Å². The summed E-state index contributed by atoms with van der Waals surface area (Å²) in [6, 6.07) is 6.96. The molecule has 1 fully saturated rings. The summed E-state index contributed by atoms with van der Waals surface area (Å²) >= 11 is 0. The summed E-state index contributed by atoms with van der Waals surface area (Å²) in [5, 5.41) is 2.82. The minimum absolute atomic E-state index is 0.0505. The van der Waals surface area contributed by atoms with Crippen molar-refractivity contribution >= 4 is 5.91 Å². The van der Waals surface area contributed by atoms with Gasteiger partial charge in [0.1, 0.15) is 5.82 Å². The number of benzene rings is 1. The molecule has 0 radical (unpaired) electrons. The van der Waals surface area contributed by atoms with Gasteiger partial charge in [0.15, 0.2) is 0 Å². The molecule has 1 N–H and O–H groups in total. The second-order valence-corrected chi connectivity index (χ2v) is 7.47. The molecule has 1 aliphatic heterocycles. The van der Waals surface area contributed by atoms with Crippen molar-refractivity contribution in [3.63, 3.8) is 0 Å². The second kappa shape index (κ2) is 7.41. The van der Waals surface area contributed by atoms with Crippen molar-refractivity contribution in [3.8, 4) is 0 Å². The van der Waals surface area contributed by atoms with Crippen LogP contribution in [0, 0.1) is 11.2 Å². The first-order valence-electron chi connectivity index (χ1n) is 8.20. The zero-order valence-corrected chi connectivity index (χ0v) is 14.6. The van der Waals surface area contributed by atoms with E-state index in [0.29, 0.717) is 18.2 Å². The van der Waals surface area contributed by atoms with Gasteiger partial charge < -0.3 is 10.2 Å². The summed E-state index contributed by atoms with van der Waals surface area (Å²) in [6.45, 7) is 10.0. The fraction of sp³-hybridized carbons (Fsp3) is 0.611. The first-order chi connectivity index (χ1) is 10.8. The van der Waals surface area contributed by atoms with Crippen LogP contribution in [0.2, 0.25) is 0 Å². The Bertz CT molecular complexity index is 541. The minimum atomic E-state index is -0.278. The van der Waals surface area contributed by atoms with Gasteiger partial charge >= 0.3 is 0 Å². The van der Waals surface area contributed by atoms with E-state index in [1.165, 1.54) is 6.07 Å². The van der Waals surface area contributed by atoms with E-state index in [1.54, 1.807) is 18.2 Å². The highest BCUT2D eigenvalue weighted by Crippen LogP contribution is 2.26. The van der Waals surface area contributed by atoms with Gasteiger partial charge in [0.25, 0.3) is 0 Å². The Morgan fingerprint density at radius 2 is 2.00 bits per heavy atom. The largest absolute Gasteiger partial charge is 0.351 e. The highest BCUT2D eigenvalue weighted by molar-refractivity contribution is 5.78. The Labute approximate surface area is 138 Å². The lowest BCUT2D eigenvalue weighted by atomic mass is 9.84. The predicted molar refractivity (Wildman–Crippen MR) is 90.6 cm³/mol. The number of hydrogen-bond donors (Lipinski definition) is 1. The molecule has 0 spiro atoms. The number of rotatable bonds is 4. The normalized spacial score (nSPS) is 20.5. The number of hydrogen-bond acceptors (Lipinski definition) is 3. The SMILES string of the molecule is CN1CCN(CC(=O)NCc2ccccc2F)CC1C(C)(C)C. The van der Waals surface area contributed by atoms with Gasteiger partial charge in [0, 0.05) is 37.8 Å². The molecule has 4 nitrogen and oxygen atoms in total. The van der Waals surface area contributed by atoms with E-state index in [0.717, 1.165) is 19.6 Å². The van der Waals surface area contributed by atoms with Crippen molar-refractivity contribution in [2.24, 2.45) is 5.41 Å². The molecule has 128 valence electrons. The first-order valence-corrected chi connectivity index (χ1v) is 8.20. The molecule has 23 heavy (non-hydrogen) atoms. The quantitative estimate of drug-likeness (QED) is 0.922. The zero-order valence-electron chi connectivity index (χ0n) is 14.6. The number of likely N-dealkylation sites (N-methyl/N-ethyl adjacent to an activating group) is 1. The van der Waals surface area contributed by atoms with Crippen LogP contribution in [-0.4, -0.2) is 55.0 Å². The molecule has 0 aromatic heterocycles. The van der Waals surface area contributed by atoms with Crippen molar-refractivity contribution < 1.29 is 9.18 Å². The van der Waals surface area contributed by atoms with Crippen LogP contribution in [0.5, 0.6) is 0 Å². The molecule has 1 heterocycles. The summed E-state index contributed by atoms with van der Waals surface area (Å²) in [5.74, 6) is -0.328. The lowest BCUT2D eigenvalue weighted by Crippen LogP contribution is -2.57. The Kier molecular flexibility index (Phi) is 5.76. The molecular weight excluding hydrogens is 293 g/mol. The molecule has 1 unspecified atom stereocenters. The average molecular weight is 321 g/mol. The number of amides is 1. The number of piperazine rings is 1. The number of halogens is 1. The highest BCUT2D eigenvalue weighted by Gasteiger charge is 2.33. The van der Waals surface area contributed by atoms with Gasteiger partial charge in [-0.3, -0.25) is 9.69 Å². The molecule has 0 saturated carbocycles. The molecule has 5 heteroatoms. The Hall–Kier alpha value is -1.46. The Morgan fingerprint density at radius 1 is 1.30 bits per heavy atom. The van der Waals surface area contributed by atoms with E-state index < -0.39 is 0 Å². The van der Waals surface area contributed by atoms with Gasteiger partial charge in [-0.1, -0.05) is 39.0 Å². The van der Waals surface area contributed by atoms with E-state index >= 15 is 0 Å². The smallest absolute Gasteiger partial charge is 0.234 e. The van der Waals surface area contributed by atoms with Gasteiger partial charge in [-0.2, -0.15) is 0 Å². The third kappa shape index (κ3) is 5.01. The van der Waals surface area contributed by atoms with Gasteiger partial charge in [-0.15, -0.1) is 0 Å². The van der Waals surface area contributed by atoms with E-state index in [2.05, 4.69) is 42.9 Å². The molecule has 1 aromatic carbocycles. The molecule has 1 amide bonds. The fourth-order valence-electron chi connectivity index (χ4n) is 3.10. The fourth-order valence-corrected chi connectivity index (χ4v) is 3.10. The number of carbonyl (C=O) groups excluding carboxylic acids is 1. The first kappa shape index (κ1) is 17.9. The average Bonchev–Trinajstić information content (AvgIpc) is 2.47. The van der Waals surface area contributed by atoms with Gasteiger partial charge in [-0.25, -0.2) is 4.39 Å². The molecular formula is C18H28FN3O. The molecule has 1 aromatic rings. The van der Waals surface area contributed by atoms with Gasteiger partial charge in [-0.05, 0) is 18.5 Å². The summed E-state index contributed by atoms with van der Waals surface area (Å²) in [5.41, 5.74) is 0.698. The lowest BCUT2D eigenvalue weighted by molar-refractivity contribution is -0.123. The zero-order chi connectivity index (χ0) is 17.0. The lowest BCUT2D eigenvalue weighted by Gasteiger charge is -2.45. The van der Waals surface area contributed by atoms with Crippen LogP contribution in [0.25, 0.3) is 0 Å². The van der Waals surface area contributed by atoms with Crippen molar-refractivity contribution in [2.45, 2.75) is 33.4 Å². The van der Waals surface area contributed by atoms with Crippen molar-refractivity contribution in [1.29, 1.82) is 0 Å². The van der Waals surface area contributed by atoms with Crippen LogP contribution < -0.4 is 5.32 Å². The number of nitrogens with one attached hydrogen (secondary N) is 1. The van der Waals surface area contributed by atoms with Crippen LogP contribution in [0.1, 0.15) is 26.3 Å². The predicted octanol–water partition coefficient (Wildman–Crippen LogP) is 2.10. The number of carbonyl (C=O) groups is 1. The van der Waals surface area contributed by atoms with Crippen LogP contribution >= 0.6 is 0 Å². The molecule has 1 aliphatic rings. The maximum Gasteiger partial charge on any atom is 0.234 e. The molecule has 0 bridgehead atoms. The molecule has 1 saturated heterocycles. The van der Waals surface area contributed by atoms with E-state index in [4.69, 9.17) is 0 Å². The summed E-state index contributed by atoms with van der Waals surface area (Å²) < 4.78 is 13.6. The maximum atomic E-state index is 13.6.